The first-order valence-corrected chi connectivity index (χ1v) is 7.35. The van der Waals surface area contributed by atoms with Gasteiger partial charge in [0.15, 0.2) is 0 Å². The number of nitrogens with one attached hydrogen (secondary N) is 1. The molecule has 18 heavy (non-hydrogen) atoms. The predicted molar refractivity (Wildman–Crippen MR) is 67.9 cm³/mol. The quantitative estimate of drug-likeness (QED) is 0.768. The van der Waals surface area contributed by atoms with Gasteiger partial charge in [-0.15, -0.1) is 0 Å². The summed E-state index contributed by atoms with van der Waals surface area (Å²) < 4.78 is 0. The van der Waals surface area contributed by atoms with Gasteiger partial charge in [-0.25, -0.2) is 0 Å². The van der Waals surface area contributed by atoms with Crippen LogP contribution in [0.5, 0.6) is 0 Å². The second kappa shape index (κ2) is 5.00. The molecule has 2 saturated carbocycles. The molecule has 0 aromatic rings. The normalized spacial score (nSPS) is 30.2. The third-order valence-corrected chi connectivity index (χ3v) is 4.47. The molecule has 3 aliphatic rings. The van der Waals surface area contributed by atoms with E-state index in [0.29, 0.717) is 6.42 Å². The van der Waals surface area contributed by atoms with Gasteiger partial charge in [0.1, 0.15) is 0 Å². The molecular weight excluding hydrogens is 228 g/mol. The first-order chi connectivity index (χ1) is 8.75. The maximum Gasteiger partial charge on any atom is 0.247 e. The molecule has 1 atom stereocenters. The van der Waals surface area contributed by atoms with Crippen molar-refractivity contribution in [3.05, 3.63) is 0 Å². The Morgan fingerprint density at radius 3 is 2.44 bits per heavy atom. The van der Waals surface area contributed by atoms with Crippen LogP contribution in [0.3, 0.4) is 0 Å². The van der Waals surface area contributed by atoms with Gasteiger partial charge in [-0.2, -0.15) is 0 Å². The van der Waals surface area contributed by atoms with Crippen molar-refractivity contribution in [2.24, 2.45) is 5.92 Å². The second-order valence-electron chi connectivity index (χ2n) is 6.00. The molecule has 0 radical (unpaired) electrons. The molecule has 4 heteroatoms. The second-order valence-corrected chi connectivity index (χ2v) is 6.00. The van der Waals surface area contributed by atoms with Crippen molar-refractivity contribution in [2.75, 3.05) is 6.54 Å². The van der Waals surface area contributed by atoms with Gasteiger partial charge in [-0.05, 0) is 38.1 Å². The van der Waals surface area contributed by atoms with Crippen LogP contribution in [0.1, 0.15) is 51.4 Å². The molecule has 1 saturated heterocycles. The molecule has 0 aromatic heterocycles. The number of imide groups is 1. The number of nitrogens with zero attached hydrogens (tertiary/aromatic N) is 1. The van der Waals surface area contributed by atoms with Gasteiger partial charge in [0.05, 0.1) is 12.5 Å². The fourth-order valence-electron chi connectivity index (χ4n) is 3.16. The summed E-state index contributed by atoms with van der Waals surface area (Å²) in [6, 6.07) is -0.0495. The number of carbonyl (C=O) groups is 2. The summed E-state index contributed by atoms with van der Waals surface area (Å²) in [5.41, 5.74) is 0. The number of amides is 2. The molecule has 2 amide bonds. The first kappa shape index (κ1) is 12.2. The zero-order valence-corrected chi connectivity index (χ0v) is 10.9. The van der Waals surface area contributed by atoms with Crippen LogP contribution in [0.4, 0.5) is 0 Å². The largest absolute Gasteiger partial charge is 0.305 e. The average Bonchev–Trinajstić information content (AvgIpc) is 3.15. The predicted octanol–water partition coefficient (Wildman–Crippen LogP) is 1.45. The van der Waals surface area contributed by atoms with Gasteiger partial charge in [0.2, 0.25) is 11.8 Å². The number of hydrogen-bond acceptors (Lipinski definition) is 3. The highest BCUT2D eigenvalue weighted by Crippen LogP contribution is 2.30. The third kappa shape index (κ3) is 2.44. The Labute approximate surface area is 108 Å². The lowest BCUT2D eigenvalue weighted by Crippen LogP contribution is -2.45. The molecule has 1 N–H and O–H groups in total. The van der Waals surface area contributed by atoms with Crippen LogP contribution in [-0.4, -0.2) is 35.3 Å². The Bertz CT molecular complexity index is 346. The number of likely N-dealkylation sites (tertiary alicyclic amines) is 1. The lowest BCUT2D eigenvalue weighted by atomic mass is 9.94. The SMILES string of the molecule is O=C1CC(NCC2CC2)C(=O)N1C1CCCCC1. The van der Waals surface area contributed by atoms with Crippen molar-refractivity contribution in [3.8, 4) is 0 Å². The van der Waals surface area contributed by atoms with E-state index in [-0.39, 0.29) is 23.9 Å². The highest BCUT2D eigenvalue weighted by Gasteiger charge is 2.42. The van der Waals surface area contributed by atoms with Gasteiger partial charge < -0.3 is 5.32 Å². The van der Waals surface area contributed by atoms with E-state index >= 15 is 0 Å². The first-order valence-electron chi connectivity index (χ1n) is 7.35. The Morgan fingerprint density at radius 1 is 1.06 bits per heavy atom. The van der Waals surface area contributed by atoms with E-state index in [1.807, 2.05) is 0 Å². The van der Waals surface area contributed by atoms with E-state index in [1.165, 1.54) is 19.3 Å². The molecular formula is C14H22N2O2. The summed E-state index contributed by atoms with van der Waals surface area (Å²) >= 11 is 0. The van der Waals surface area contributed by atoms with Crippen LogP contribution in [0, 0.1) is 5.92 Å². The molecule has 4 nitrogen and oxygen atoms in total. The number of hydrogen-bond donors (Lipinski definition) is 1. The van der Waals surface area contributed by atoms with Gasteiger partial charge in [-0.3, -0.25) is 14.5 Å². The van der Waals surface area contributed by atoms with Crippen molar-refractivity contribution in [2.45, 2.75) is 63.5 Å². The van der Waals surface area contributed by atoms with Crippen molar-refractivity contribution in [1.29, 1.82) is 0 Å². The smallest absolute Gasteiger partial charge is 0.247 e. The molecule has 3 fully saturated rings. The zero-order chi connectivity index (χ0) is 12.5. The van der Waals surface area contributed by atoms with Crippen molar-refractivity contribution < 1.29 is 9.59 Å². The van der Waals surface area contributed by atoms with Crippen LogP contribution in [-0.2, 0) is 9.59 Å². The summed E-state index contributed by atoms with van der Waals surface area (Å²) in [5.74, 6) is 0.823. The van der Waals surface area contributed by atoms with E-state index in [1.54, 1.807) is 4.90 Å². The van der Waals surface area contributed by atoms with Crippen molar-refractivity contribution in [3.63, 3.8) is 0 Å². The maximum absolute atomic E-state index is 12.3. The molecule has 100 valence electrons. The average molecular weight is 250 g/mol. The summed E-state index contributed by atoms with van der Waals surface area (Å²) in [7, 11) is 0. The lowest BCUT2D eigenvalue weighted by Gasteiger charge is -2.29. The summed E-state index contributed by atoms with van der Waals surface area (Å²) in [6.45, 7) is 0.905. The zero-order valence-electron chi connectivity index (χ0n) is 10.9. The van der Waals surface area contributed by atoms with Gasteiger partial charge in [0, 0.05) is 6.04 Å². The molecule has 1 aliphatic heterocycles. The Morgan fingerprint density at radius 2 is 1.78 bits per heavy atom. The van der Waals surface area contributed by atoms with Gasteiger partial charge in [-0.1, -0.05) is 19.3 Å². The fraction of sp³-hybridized carbons (Fsp3) is 0.857. The van der Waals surface area contributed by atoms with Crippen molar-refractivity contribution >= 4 is 11.8 Å². The van der Waals surface area contributed by atoms with E-state index in [0.717, 1.165) is 38.1 Å². The molecule has 0 spiro atoms. The standard InChI is InChI=1S/C14H22N2O2/c17-13-8-12(15-9-10-6-7-10)14(18)16(13)11-4-2-1-3-5-11/h10-12,15H,1-9H2. The van der Waals surface area contributed by atoms with Crippen LogP contribution in [0.2, 0.25) is 0 Å². The third-order valence-electron chi connectivity index (χ3n) is 4.47. The highest BCUT2D eigenvalue weighted by molar-refractivity contribution is 6.05. The van der Waals surface area contributed by atoms with Crippen LogP contribution >= 0.6 is 0 Å². The van der Waals surface area contributed by atoms with E-state index in [2.05, 4.69) is 5.32 Å². The van der Waals surface area contributed by atoms with E-state index < -0.39 is 0 Å². The Hall–Kier alpha value is -0.900. The maximum atomic E-state index is 12.3. The van der Waals surface area contributed by atoms with E-state index in [4.69, 9.17) is 0 Å². The lowest BCUT2D eigenvalue weighted by molar-refractivity contribution is -0.142. The van der Waals surface area contributed by atoms with Crippen LogP contribution in [0.15, 0.2) is 0 Å². The van der Waals surface area contributed by atoms with Gasteiger partial charge >= 0.3 is 0 Å². The molecule has 2 aliphatic carbocycles. The Balaban J connectivity index is 1.59. The molecule has 3 rings (SSSR count). The topological polar surface area (TPSA) is 49.4 Å². The monoisotopic (exact) mass is 250 g/mol. The highest BCUT2D eigenvalue weighted by atomic mass is 16.2. The molecule has 1 unspecified atom stereocenters. The summed E-state index contributed by atoms with van der Waals surface area (Å²) in [4.78, 5) is 25.9. The Kier molecular flexibility index (Phi) is 3.37. The van der Waals surface area contributed by atoms with Gasteiger partial charge in [0.25, 0.3) is 0 Å². The van der Waals surface area contributed by atoms with Crippen LogP contribution in [0.25, 0.3) is 0 Å². The summed E-state index contributed by atoms with van der Waals surface area (Å²) in [6.07, 6.45) is 8.49. The van der Waals surface area contributed by atoms with Crippen LogP contribution < -0.4 is 5.32 Å². The number of carbonyl (C=O) groups excluding carboxylic acids is 2. The minimum absolute atomic E-state index is 0.0348. The minimum Gasteiger partial charge on any atom is -0.305 e. The molecule has 0 aromatic carbocycles. The molecule has 1 heterocycles. The minimum atomic E-state index is -0.236. The molecule has 0 bridgehead atoms. The van der Waals surface area contributed by atoms with Crippen molar-refractivity contribution in [1.82, 2.24) is 10.2 Å². The fourth-order valence-corrected chi connectivity index (χ4v) is 3.16. The number of rotatable bonds is 4. The summed E-state index contributed by atoms with van der Waals surface area (Å²) in [5, 5.41) is 3.28. The van der Waals surface area contributed by atoms with E-state index in [9.17, 15) is 9.59 Å².